The number of hydrogen-bond acceptors (Lipinski definition) is 3. The van der Waals surface area contributed by atoms with Gasteiger partial charge in [-0.3, -0.25) is 0 Å². The van der Waals surface area contributed by atoms with Crippen molar-refractivity contribution >= 4 is 21.7 Å². The lowest BCUT2D eigenvalue weighted by Crippen LogP contribution is -2.46. The Kier molecular flexibility index (Phi) is 4.56. The number of likely N-dealkylation sites (N-methyl/N-ethyl adjacent to an activating group) is 1. The second kappa shape index (κ2) is 6.58. The minimum absolute atomic E-state index is 1.04. The molecule has 0 spiro atoms. The van der Waals surface area contributed by atoms with Crippen LogP contribution in [0.1, 0.15) is 6.92 Å². The number of halogens is 1. The summed E-state index contributed by atoms with van der Waals surface area (Å²) in [5.41, 5.74) is 2.20. The van der Waals surface area contributed by atoms with E-state index >= 15 is 0 Å². The van der Waals surface area contributed by atoms with Crippen LogP contribution in [0.4, 0.5) is 5.82 Å². The molecule has 0 N–H and O–H groups in total. The number of pyridine rings is 1. The monoisotopic (exact) mass is 345 g/mol. The van der Waals surface area contributed by atoms with Crippen LogP contribution in [0.5, 0.6) is 0 Å². The van der Waals surface area contributed by atoms with Gasteiger partial charge >= 0.3 is 0 Å². The zero-order valence-corrected chi connectivity index (χ0v) is 13.9. The first-order chi connectivity index (χ1) is 10.3. The van der Waals surface area contributed by atoms with E-state index in [-0.39, 0.29) is 0 Å². The summed E-state index contributed by atoms with van der Waals surface area (Å²) in [5, 5.41) is 0. The Bertz CT molecular complexity index is 589. The number of benzene rings is 1. The van der Waals surface area contributed by atoms with Gasteiger partial charge in [-0.1, -0.05) is 41.1 Å². The lowest BCUT2D eigenvalue weighted by Gasteiger charge is -2.34. The third kappa shape index (κ3) is 3.44. The summed E-state index contributed by atoms with van der Waals surface area (Å²) < 4.78 is 1.10. The van der Waals surface area contributed by atoms with E-state index in [1.807, 2.05) is 0 Å². The molecular formula is C17H20BrN3. The molecule has 110 valence electrons. The van der Waals surface area contributed by atoms with Crippen molar-refractivity contribution in [3.8, 4) is 11.3 Å². The van der Waals surface area contributed by atoms with Gasteiger partial charge in [-0.25, -0.2) is 4.98 Å². The van der Waals surface area contributed by atoms with Crippen LogP contribution in [-0.4, -0.2) is 42.6 Å². The first-order valence-corrected chi connectivity index (χ1v) is 8.26. The smallest absolute Gasteiger partial charge is 0.129 e. The van der Waals surface area contributed by atoms with Crippen molar-refractivity contribution in [3.05, 3.63) is 46.9 Å². The molecule has 3 nitrogen and oxygen atoms in total. The maximum atomic E-state index is 4.84. The molecule has 4 heteroatoms. The lowest BCUT2D eigenvalue weighted by molar-refractivity contribution is 0.270. The predicted octanol–water partition coefficient (Wildman–Crippen LogP) is 3.65. The fraction of sp³-hybridized carbons (Fsp3) is 0.353. The van der Waals surface area contributed by atoms with E-state index in [9.17, 15) is 0 Å². The maximum Gasteiger partial charge on any atom is 0.129 e. The van der Waals surface area contributed by atoms with Gasteiger partial charge in [0, 0.05) is 36.2 Å². The Balaban J connectivity index is 1.79. The minimum Gasteiger partial charge on any atom is -0.354 e. The van der Waals surface area contributed by atoms with E-state index in [1.165, 1.54) is 0 Å². The molecule has 1 aliphatic rings. The summed E-state index contributed by atoms with van der Waals surface area (Å²) in [4.78, 5) is 9.70. The van der Waals surface area contributed by atoms with Crippen LogP contribution in [0, 0.1) is 0 Å². The highest BCUT2D eigenvalue weighted by Gasteiger charge is 2.16. The minimum atomic E-state index is 1.04. The second-order valence-corrected chi connectivity index (χ2v) is 6.22. The highest BCUT2D eigenvalue weighted by atomic mass is 79.9. The summed E-state index contributed by atoms with van der Waals surface area (Å²) in [5.74, 6) is 1.09. The molecule has 2 aromatic rings. The van der Waals surface area contributed by atoms with Crippen LogP contribution in [0.3, 0.4) is 0 Å². The first-order valence-electron chi connectivity index (χ1n) is 7.46. The molecule has 1 aromatic carbocycles. The molecule has 0 saturated carbocycles. The highest BCUT2D eigenvalue weighted by Crippen LogP contribution is 2.23. The number of piperazine rings is 1. The molecule has 1 fully saturated rings. The van der Waals surface area contributed by atoms with Gasteiger partial charge in [0.25, 0.3) is 0 Å². The molecule has 2 heterocycles. The Morgan fingerprint density at radius 2 is 1.71 bits per heavy atom. The average molecular weight is 346 g/mol. The van der Waals surface area contributed by atoms with Gasteiger partial charge in [0.05, 0.1) is 5.69 Å². The maximum absolute atomic E-state index is 4.84. The predicted molar refractivity (Wildman–Crippen MR) is 91.7 cm³/mol. The van der Waals surface area contributed by atoms with Crippen molar-refractivity contribution < 1.29 is 0 Å². The van der Waals surface area contributed by atoms with Gasteiger partial charge in [-0.2, -0.15) is 0 Å². The molecule has 1 aromatic heterocycles. The topological polar surface area (TPSA) is 19.4 Å². The van der Waals surface area contributed by atoms with Gasteiger partial charge in [-0.05, 0) is 30.8 Å². The molecule has 3 rings (SSSR count). The van der Waals surface area contributed by atoms with Gasteiger partial charge < -0.3 is 9.80 Å². The number of aromatic nitrogens is 1. The van der Waals surface area contributed by atoms with Crippen molar-refractivity contribution in [2.45, 2.75) is 6.92 Å². The molecule has 0 unspecified atom stereocenters. The van der Waals surface area contributed by atoms with Crippen LogP contribution >= 0.6 is 15.9 Å². The van der Waals surface area contributed by atoms with Crippen molar-refractivity contribution in [1.29, 1.82) is 0 Å². The normalized spacial score (nSPS) is 16.2. The molecule has 21 heavy (non-hydrogen) atoms. The SMILES string of the molecule is CCN1CCN(c2cccc(-c3ccc(Br)cc3)n2)CC1. The summed E-state index contributed by atoms with van der Waals surface area (Å²) in [6, 6.07) is 14.6. The number of anilines is 1. The van der Waals surface area contributed by atoms with Crippen LogP contribution in [0.15, 0.2) is 46.9 Å². The van der Waals surface area contributed by atoms with Gasteiger partial charge in [-0.15, -0.1) is 0 Å². The molecular weight excluding hydrogens is 326 g/mol. The standard InChI is InChI=1S/C17H20BrN3/c1-2-20-10-12-21(13-11-20)17-5-3-4-16(19-17)14-6-8-15(18)9-7-14/h3-9H,2,10-13H2,1H3. The van der Waals surface area contributed by atoms with Crippen molar-refractivity contribution in [2.24, 2.45) is 0 Å². The van der Waals surface area contributed by atoms with Crippen molar-refractivity contribution in [1.82, 2.24) is 9.88 Å². The van der Waals surface area contributed by atoms with Crippen LogP contribution in [-0.2, 0) is 0 Å². The summed E-state index contributed by atoms with van der Waals surface area (Å²) in [6.07, 6.45) is 0. The molecule has 0 amide bonds. The molecule has 0 radical (unpaired) electrons. The Labute approximate surface area is 134 Å². The van der Waals surface area contributed by atoms with Gasteiger partial charge in [0.15, 0.2) is 0 Å². The largest absolute Gasteiger partial charge is 0.354 e. The summed E-state index contributed by atoms with van der Waals surface area (Å²) >= 11 is 3.47. The fourth-order valence-electron chi connectivity index (χ4n) is 2.67. The van der Waals surface area contributed by atoms with E-state index in [2.05, 4.69) is 75.1 Å². The third-order valence-corrected chi connectivity index (χ3v) is 4.55. The van der Waals surface area contributed by atoms with Gasteiger partial charge in [0.1, 0.15) is 5.82 Å². The number of hydrogen-bond donors (Lipinski definition) is 0. The zero-order valence-electron chi connectivity index (χ0n) is 12.3. The van der Waals surface area contributed by atoms with Crippen LogP contribution < -0.4 is 4.90 Å². The molecule has 0 atom stereocenters. The van der Waals surface area contributed by atoms with E-state index in [4.69, 9.17) is 4.98 Å². The molecule has 1 saturated heterocycles. The van der Waals surface area contributed by atoms with Crippen molar-refractivity contribution in [2.75, 3.05) is 37.6 Å². The van der Waals surface area contributed by atoms with E-state index < -0.39 is 0 Å². The van der Waals surface area contributed by atoms with Crippen molar-refractivity contribution in [3.63, 3.8) is 0 Å². The van der Waals surface area contributed by atoms with E-state index in [0.29, 0.717) is 0 Å². The van der Waals surface area contributed by atoms with E-state index in [1.54, 1.807) is 0 Å². The zero-order chi connectivity index (χ0) is 14.7. The van der Waals surface area contributed by atoms with Crippen LogP contribution in [0.2, 0.25) is 0 Å². The average Bonchev–Trinajstić information content (AvgIpc) is 2.56. The summed E-state index contributed by atoms with van der Waals surface area (Å²) in [7, 11) is 0. The summed E-state index contributed by atoms with van der Waals surface area (Å²) in [6.45, 7) is 7.74. The molecule has 0 aliphatic carbocycles. The number of rotatable bonds is 3. The Morgan fingerprint density at radius 1 is 1.00 bits per heavy atom. The second-order valence-electron chi connectivity index (χ2n) is 5.31. The highest BCUT2D eigenvalue weighted by molar-refractivity contribution is 9.10. The number of nitrogens with zero attached hydrogens (tertiary/aromatic N) is 3. The van der Waals surface area contributed by atoms with Crippen LogP contribution in [0.25, 0.3) is 11.3 Å². The first kappa shape index (κ1) is 14.5. The Morgan fingerprint density at radius 3 is 2.38 bits per heavy atom. The van der Waals surface area contributed by atoms with E-state index in [0.717, 1.165) is 54.3 Å². The molecule has 1 aliphatic heterocycles. The Hall–Kier alpha value is -1.39. The van der Waals surface area contributed by atoms with Gasteiger partial charge in [0.2, 0.25) is 0 Å². The lowest BCUT2D eigenvalue weighted by atomic mass is 10.1. The quantitative estimate of drug-likeness (QED) is 0.846. The fourth-order valence-corrected chi connectivity index (χ4v) is 2.94. The molecule has 0 bridgehead atoms. The third-order valence-electron chi connectivity index (χ3n) is 4.02.